The highest BCUT2D eigenvalue weighted by atomic mass is 19.1. The van der Waals surface area contributed by atoms with Gasteiger partial charge in [0.05, 0.1) is 0 Å². The van der Waals surface area contributed by atoms with Gasteiger partial charge in [-0.2, -0.15) is 0 Å². The molecule has 0 saturated carbocycles. The minimum Gasteiger partial charge on any atom is -0.326 e. The molecule has 24 heavy (non-hydrogen) atoms. The predicted molar refractivity (Wildman–Crippen MR) is 93.6 cm³/mol. The molecule has 0 aromatic heterocycles. The van der Waals surface area contributed by atoms with Gasteiger partial charge in [0.2, 0.25) is 11.8 Å². The van der Waals surface area contributed by atoms with Crippen molar-refractivity contribution in [1.82, 2.24) is 0 Å². The van der Waals surface area contributed by atoms with Crippen LogP contribution in [-0.2, 0) is 9.59 Å². The van der Waals surface area contributed by atoms with Crippen molar-refractivity contribution < 1.29 is 14.0 Å². The summed E-state index contributed by atoms with van der Waals surface area (Å²) in [6.07, 6.45) is 0.128. The topological polar surface area (TPSA) is 49.4 Å². The standard InChI is InChI=1S/C19H21FN2O2/c1-13-7-8-14(2)18(11-13)21-19(24)9-10-22(15(3)23)17-6-4-5-16(20)12-17/h4-8,11-12H,9-10H2,1-3H3,(H,21,24). The molecule has 0 saturated heterocycles. The smallest absolute Gasteiger partial charge is 0.226 e. The van der Waals surface area contributed by atoms with Crippen LogP contribution < -0.4 is 10.2 Å². The highest BCUT2D eigenvalue weighted by Gasteiger charge is 2.14. The van der Waals surface area contributed by atoms with Crippen LogP contribution >= 0.6 is 0 Å². The molecule has 2 aromatic carbocycles. The number of carbonyl (C=O) groups excluding carboxylic acids is 2. The number of hydrogen-bond acceptors (Lipinski definition) is 2. The van der Waals surface area contributed by atoms with Gasteiger partial charge in [0.15, 0.2) is 0 Å². The van der Waals surface area contributed by atoms with Crippen LogP contribution in [0.2, 0.25) is 0 Å². The van der Waals surface area contributed by atoms with E-state index in [2.05, 4.69) is 5.32 Å². The van der Waals surface area contributed by atoms with Crippen LogP contribution in [0, 0.1) is 19.7 Å². The highest BCUT2D eigenvalue weighted by molar-refractivity contribution is 5.95. The first kappa shape index (κ1) is 17.7. The second kappa shape index (κ2) is 7.73. The van der Waals surface area contributed by atoms with E-state index in [-0.39, 0.29) is 24.8 Å². The quantitative estimate of drug-likeness (QED) is 0.907. The first-order chi connectivity index (χ1) is 11.4. The van der Waals surface area contributed by atoms with E-state index in [1.807, 2.05) is 32.0 Å². The fourth-order valence-electron chi connectivity index (χ4n) is 2.41. The van der Waals surface area contributed by atoms with E-state index in [9.17, 15) is 14.0 Å². The Bertz CT molecular complexity index is 759. The Kier molecular flexibility index (Phi) is 5.68. The van der Waals surface area contributed by atoms with E-state index in [0.717, 1.165) is 16.8 Å². The van der Waals surface area contributed by atoms with Crippen molar-refractivity contribution in [3.63, 3.8) is 0 Å². The van der Waals surface area contributed by atoms with Crippen LogP contribution in [0.25, 0.3) is 0 Å². The van der Waals surface area contributed by atoms with E-state index < -0.39 is 5.82 Å². The summed E-state index contributed by atoms with van der Waals surface area (Å²) in [4.78, 5) is 25.4. The molecule has 1 N–H and O–H groups in total. The monoisotopic (exact) mass is 328 g/mol. The molecule has 0 aliphatic carbocycles. The highest BCUT2D eigenvalue weighted by Crippen LogP contribution is 2.18. The normalized spacial score (nSPS) is 10.3. The van der Waals surface area contributed by atoms with Crippen molar-refractivity contribution in [2.75, 3.05) is 16.8 Å². The second-order valence-corrected chi connectivity index (χ2v) is 5.77. The number of carbonyl (C=O) groups is 2. The molecule has 2 amide bonds. The summed E-state index contributed by atoms with van der Waals surface area (Å²) >= 11 is 0. The van der Waals surface area contributed by atoms with Gasteiger partial charge in [0.1, 0.15) is 5.82 Å². The van der Waals surface area contributed by atoms with Crippen molar-refractivity contribution >= 4 is 23.2 Å². The lowest BCUT2D eigenvalue weighted by Crippen LogP contribution is -2.32. The Balaban J connectivity index is 2.03. The predicted octanol–water partition coefficient (Wildman–Crippen LogP) is 3.82. The summed E-state index contributed by atoms with van der Waals surface area (Å²) in [5.74, 6) is -0.843. The van der Waals surface area contributed by atoms with E-state index in [1.165, 1.54) is 30.0 Å². The molecule has 2 rings (SSSR count). The zero-order valence-electron chi connectivity index (χ0n) is 14.1. The van der Waals surface area contributed by atoms with Crippen molar-refractivity contribution in [1.29, 1.82) is 0 Å². The average Bonchev–Trinajstić information content (AvgIpc) is 2.51. The van der Waals surface area contributed by atoms with Crippen LogP contribution in [0.4, 0.5) is 15.8 Å². The van der Waals surface area contributed by atoms with Crippen LogP contribution in [0.3, 0.4) is 0 Å². The van der Waals surface area contributed by atoms with E-state index in [4.69, 9.17) is 0 Å². The van der Waals surface area contributed by atoms with Gasteiger partial charge < -0.3 is 10.2 Å². The largest absolute Gasteiger partial charge is 0.326 e. The maximum Gasteiger partial charge on any atom is 0.226 e. The van der Waals surface area contributed by atoms with Crippen molar-refractivity contribution in [2.45, 2.75) is 27.2 Å². The Morgan fingerprint density at radius 3 is 2.54 bits per heavy atom. The molecule has 4 nitrogen and oxygen atoms in total. The minimum absolute atomic E-state index is 0.128. The zero-order valence-corrected chi connectivity index (χ0v) is 14.1. The number of aryl methyl sites for hydroxylation is 2. The van der Waals surface area contributed by atoms with Crippen molar-refractivity contribution in [2.24, 2.45) is 0 Å². The fourth-order valence-corrected chi connectivity index (χ4v) is 2.41. The van der Waals surface area contributed by atoms with Crippen molar-refractivity contribution in [3.05, 3.63) is 59.4 Å². The number of amides is 2. The van der Waals surface area contributed by atoms with Gasteiger partial charge in [0, 0.05) is 31.3 Å². The third-order valence-electron chi connectivity index (χ3n) is 3.73. The fraction of sp³-hybridized carbons (Fsp3) is 0.263. The molecular weight excluding hydrogens is 307 g/mol. The number of halogens is 1. The summed E-state index contributed by atoms with van der Waals surface area (Å²) in [6, 6.07) is 11.6. The Hall–Kier alpha value is -2.69. The Morgan fingerprint density at radius 2 is 1.88 bits per heavy atom. The summed E-state index contributed by atoms with van der Waals surface area (Å²) < 4.78 is 13.3. The SMILES string of the molecule is CC(=O)N(CCC(=O)Nc1cc(C)ccc1C)c1cccc(F)c1. The average molecular weight is 328 g/mol. The van der Waals surface area contributed by atoms with Crippen LogP contribution in [0.15, 0.2) is 42.5 Å². The second-order valence-electron chi connectivity index (χ2n) is 5.77. The first-order valence-electron chi connectivity index (χ1n) is 7.77. The van der Waals surface area contributed by atoms with E-state index >= 15 is 0 Å². The van der Waals surface area contributed by atoms with Gasteiger partial charge in [-0.05, 0) is 49.2 Å². The lowest BCUT2D eigenvalue weighted by atomic mass is 10.1. The molecule has 0 bridgehead atoms. The molecule has 0 heterocycles. The molecule has 0 fully saturated rings. The minimum atomic E-state index is -0.418. The lowest BCUT2D eigenvalue weighted by molar-refractivity contribution is -0.117. The molecule has 0 spiro atoms. The number of hydrogen-bond donors (Lipinski definition) is 1. The number of rotatable bonds is 5. The first-order valence-corrected chi connectivity index (χ1v) is 7.77. The molecule has 0 radical (unpaired) electrons. The lowest BCUT2D eigenvalue weighted by Gasteiger charge is -2.21. The maximum absolute atomic E-state index is 13.3. The Morgan fingerprint density at radius 1 is 1.12 bits per heavy atom. The molecule has 0 aliphatic rings. The molecule has 0 unspecified atom stereocenters. The van der Waals surface area contributed by atoms with Crippen LogP contribution in [-0.4, -0.2) is 18.4 Å². The summed E-state index contributed by atoms with van der Waals surface area (Å²) in [5.41, 5.74) is 3.24. The molecule has 5 heteroatoms. The van der Waals surface area contributed by atoms with E-state index in [1.54, 1.807) is 6.07 Å². The maximum atomic E-state index is 13.3. The van der Waals surface area contributed by atoms with Gasteiger partial charge in [-0.15, -0.1) is 0 Å². The number of anilines is 2. The van der Waals surface area contributed by atoms with Crippen molar-refractivity contribution in [3.8, 4) is 0 Å². The summed E-state index contributed by atoms with van der Waals surface area (Å²) in [6.45, 7) is 5.46. The zero-order chi connectivity index (χ0) is 17.7. The molecular formula is C19H21FN2O2. The molecule has 0 atom stereocenters. The Labute approximate surface area is 141 Å². The molecule has 126 valence electrons. The van der Waals surface area contributed by atoms with Gasteiger partial charge >= 0.3 is 0 Å². The van der Waals surface area contributed by atoms with E-state index in [0.29, 0.717) is 5.69 Å². The molecule has 0 aliphatic heterocycles. The third kappa shape index (κ3) is 4.65. The van der Waals surface area contributed by atoms with Crippen LogP contribution in [0.1, 0.15) is 24.5 Å². The summed E-state index contributed by atoms with van der Waals surface area (Å²) in [5, 5.41) is 2.86. The van der Waals surface area contributed by atoms with Gasteiger partial charge in [-0.25, -0.2) is 4.39 Å². The molecule has 2 aromatic rings. The van der Waals surface area contributed by atoms with Gasteiger partial charge in [-0.3, -0.25) is 9.59 Å². The number of benzene rings is 2. The number of nitrogens with zero attached hydrogens (tertiary/aromatic N) is 1. The van der Waals surface area contributed by atoms with Gasteiger partial charge in [-0.1, -0.05) is 18.2 Å². The summed E-state index contributed by atoms with van der Waals surface area (Å²) in [7, 11) is 0. The number of nitrogens with one attached hydrogen (secondary N) is 1. The van der Waals surface area contributed by atoms with Crippen LogP contribution in [0.5, 0.6) is 0 Å². The third-order valence-corrected chi connectivity index (χ3v) is 3.73. The van der Waals surface area contributed by atoms with Gasteiger partial charge in [0.25, 0.3) is 0 Å².